The van der Waals surface area contributed by atoms with E-state index in [-0.39, 0.29) is 0 Å². The number of hydrogen-bond acceptors (Lipinski definition) is 1. The fraction of sp³-hybridized carbons (Fsp3) is 0.684. The highest BCUT2D eigenvalue weighted by atomic mass is 14.9. The second kappa shape index (κ2) is 7.83. The Labute approximate surface area is 126 Å². The number of rotatable bonds is 8. The van der Waals surface area contributed by atoms with Crippen LogP contribution in [0, 0.1) is 11.3 Å². The Kier molecular flexibility index (Phi) is 6.75. The Balaban J connectivity index is 2.44. The Morgan fingerprint density at radius 3 is 2.00 bits per heavy atom. The van der Waals surface area contributed by atoms with Crippen molar-refractivity contribution in [3.05, 3.63) is 35.4 Å². The lowest BCUT2D eigenvalue weighted by atomic mass is 9.86. The van der Waals surface area contributed by atoms with Gasteiger partial charge < -0.3 is 5.32 Å². The molecule has 1 aromatic carbocycles. The molecule has 1 aromatic rings. The largest absolute Gasteiger partial charge is 0.314 e. The van der Waals surface area contributed by atoms with Crippen molar-refractivity contribution in [1.82, 2.24) is 5.32 Å². The number of nitrogens with one attached hydrogen (secondary N) is 1. The first kappa shape index (κ1) is 17.2. The van der Waals surface area contributed by atoms with Gasteiger partial charge in [0, 0.05) is 12.6 Å². The van der Waals surface area contributed by atoms with Gasteiger partial charge in [0.15, 0.2) is 0 Å². The van der Waals surface area contributed by atoms with Crippen LogP contribution in [0.4, 0.5) is 0 Å². The standard InChI is InChI=1S/C19H33N/c1-15(2)13-18-9-7-17(8-10-18)11-12-19(5,6)14-20-16(3)4/h7-10,15-16,20H,11-14H2,1-6H3. The van der Waals surface area contributed by atoms with Crippen molar-refractivity contribution in [2.45, 2.75) is 66.8 Å². The maximum absolute atomic E-state index is 3.55. The zero-order valence-corrected chi connectivity index (χ0v) is 14.3. The summed E-state index contributed by atoms with van der Waals surface area (Å²) >= 11 is 0. The summed E-state index contributed by atoms with van der Waals surface area (Å²) in [7, 11) is 0. The SMILES string of the molecule is CC(C)Cc1ccc(CCC(C)(C)CNC(C)C)cc1. The summed E-state index contributed by atoms with van der Waals surface area (Å²) in [6, 6.07) is 9.79. The molecular weight excluding hydrogens is 242 g/mol. The molecule has 0 spiro atoms. The van der Waals surface area contributed by atoms with Crippen LogP contribution in [0.1, 0.15) is 59.1 Å². The molecular formula is C19H33N. The molecule has 20 heavy (non-hydrogen) atoms. The van der Waals surface area contributed by atoms with Crippen molar-refractivity contribution in [3.8, 4) is 0 Å². The quantitative estimate of drug-likeness (QED) is 0.715. The summed E-state index contributed by atoms with van der Waals surface area (Å²) < 4.78 is 0. The normalized spacial score (nSPS) is 12.4. The summed E-state index contributed by atoms with van der Waals surface area (Å²) in [5, 5.41) is 3.55. The molecule has 1 N–H and O–H groups in total. The molecule has 0 saturated heterocycles. The fourth-order valence-corrected chi connectivity index (χ4v) is 2.36. The van der Waals surface area contributed by atoms with Crippen LogP contribution in [0.5, 0.6) is 0 Å². The molecule has 0 atom stereocenters. The molecule has 0 unspecified atom stereocenters. The second-order valence-corrected chi connectivity index (χ2v) is 7.61. The molecule has 0 saturated carbocycles. The maximum Gasteiger partial charge on any atom is 0.00106 e. The molecule has 1 nitrogen and oxygen atoms in total. The third kappa shape index (κ3) is 7.09. The molecule has 114 valence electrons. The minimum atomic E-state index is 0.362. The molecule has 0 aliphatic carbocycles. The van der Waals surface area contributed by atoms with Crippen molar-refractivity contribution in [2.75, 3.05) is 6.54 Å². The Hall–Kier alpha value is -0.820. The van der Waals surface area contributed by atoms with E-state index in [0.717, 1.165) is 12.5 Å². The minimum absolute atomic E-state index is 0.362. The first-order chi connectivity index (χ1) is 9.28. The Bertz CT molecular complexity index is 373. The molecule has 1 rings (SSSR count). The lowest BCUT2D eigenvalue weighted by Gasteiger charge is -2.26. The highest BCUT2D eigenvalue weighted by Crippen LogP contribution is 2.22. The van der Waals surface area contributed by atoms with E-state index in [2.05, 4.69) is 71.1 Å². The second-order valence-electron chi connectivity index (χ2n) is 7.61. The van der Waals surface area contributed by atoms with E-state index in [1.807, 2.05) is 0 Å². The monoisotopic (exact) mass is 275 g/mol. The van der Waals surface area contributed by atoms with Crippen LogP contribution in [-0.4, -0.2) is 12.6 Å². The van der Waals surface area contributed by atoms with Gasteiger partial charge in [-0.25, -0.2) is 0 Å². The average Bonchev–Trinajstić information content (AvgIpc) is 2.35. The average molecular weight is 275 g/mol. The topological polar surface area (TPSA) is 12.0 Å². The van der Waals surface area contributed by atoms with Gasteiger partial charge in [0.1, 0.15) is 0 Å². The van der Waals surface area contributed by atoms with Crippen LogP contribution in [-0.2, 0) is 12.8 Å². The number of hydrogen-bond donors (Lipinski definition) is 1. The van der Waals surface area contributed by atoms with E-state index < -0.39 is 0 Å². The lowest BCUT2D eigenvalue weighted by Crippen LogP contribution is -2.34. The van der Waals surface area contributed by atoms with Gasteiger partial charge in [-0.3, -0.25) is 0 Å². The zero-order valence-electron chi connectivity index (χ0n) is 14.3. The van der Waals surface area contributed by atoms with Crippen LogP contribution in [0.15, 0.2) is 24.3 Å². The van der Waals surface area contributed by atoms with E-state index in [1.165, 1.54) is 30.4 Å². The highest BCUT2D eigenvalue weighted by Gasteiger charge is 2.17. The van der Waals surface area contributed by atoms with Crippen LogP contribution in [0.2, 0.25) is 0 Å². The molecule has 0 amide bonds. The van der Waals surface area contributed by atoms with Gasteiger partial charge >= 0.3 is 0 Å². The summed E-state index contributed by atoms with van der Waals surface area (Å²) in [6.45, 7) is 14.8. The highest BCUT2D eigenvalue weighted by molar-refractivity contribution is 5.23. The predicted octanol–water partition coefficient (Wildman–Crippen LogP) is 4.84. The molecule has 0 fully saturated rings. The van der Waals surface area contributed by atoms with Gasteiger partial charge in [-0.1, -0.05) is 65.8 Å². The third-order valence-electron chi connectivity index (χ3n) is 3.75. The van der Waals surface area contributed by atoms with Crippen molar-refractivity contribution < 1.29 is 0 Å². The Morgan fingerprint density at radius 2 is 1.50 bits per heavy atom. The van der Waals surface area contributed by atoms with E-state index in [1.54, 1.807) is 0 Å². The van der Waals surface area contributed by atoms with Crippen molar-refractivity contribution in [3.63, 3.8) is 0 Å². The van der Waals surface area contributed by atoms with Crippen molar-refractivity contribution in [2.24, 2.45) is 11.3 Å². The molecule has 0 aromatic heterocycles. The van der Waals surface area contributed by atoms with E-state index in [0.29, 0.717) is 11.5 Å². The van der Waals surface area contributed by atoms with Gasteiger partial charge in [-0.15, -0.1) is 0 Å². The molecule has 0 bridgehead atoms. The van der Waals surface area contributed by atoms with Gasteiger partial charge in [-0.05, 0) is 41.7 Å². The van der Waals surface area contributed by atoms with Crippen LogP contribution >= 0.6 is 0 Å². The third-order valence-corrected chi connectivity index (χ3v) is 3.75. The van der Waals surface area contributed by atoms with Gasteiger partial charge in [0.25, 0.3) is 0 Å². The van der Waals surface area contributed by atoms with E-state index in [9.17, 15) is 0 Å². The smallest absolute Gasteiger partial charge is 0.00106 e. The summed E-state index contributed by atoms with van der Waals surface area (Å²) in [6.07, 6.45) is 3.59. The predicted molar refractivity (Wildman–Crippen MR) is 90.2 cm³/mol. The first-order valence-electron chi connectivity index (χ1n) is 8.10. The minimum Gasteiger partial charge on any atom is -0.314 e. The number of benzene rings is 1. The van der Waals surface area contributed by atoms with Crippen molar-refractivity contribution >= 4 is 0 Å². The zero-order chi connectivity index (χ0) is 15.2. The molecule has 0 radical (unpaired) electrons. The summed E-state index contributed by atoms with van der Waals surface area (Å²) in [5.41, 5.74) is 3.29. The molecule has 0 aliphatic heterocycles. The van der Waals surface area contributed by atoms with Crippen molar-refractivity contribution in [1.29, 1.82) is 0 Å². The van der Waals surface area contributed by atoms with E-state index >= 15 is 0 Å². The van der Waals surface area contributed by atoms with Crippen LogP contribution in [0.3, 0.4) is 0 Å². The first-order valence-corrected chi connectivity index (χ1v) is 8.10. The fourth-order valence-electron chi connectivity index (χ4n) is 2.36. The van der Waals surface area contributed by atoms with Gasteiger partial charge in [0.2, 0.25) is 0 Å². The van der Waals surface area contributed by atoms with Gasteiger partial charge in [-0.2, -0.15) is 0 Å². The molecule has 0 aliphatic rings. The number of aryl methyl sites for hydroxylation is 1. The van der Waals surface area contributed by atoms with Gasteiger partial charge in [0.05, 0.1) is 0 Å². The molecule has 1 heteroatoms. The Morgan fingerprint density at radius 1 is 0.950 bits per heavy atom. The molecule has 0 heterocycles. The maximum atomic E-state index is 3.55. The lowest BCUT2D eigenvalue weighted by molar-refractivity contribution is 0.304. The summed E-state index contributed by atoms with van der Waals surface area (Å²) in [4.78, 5) is 0. The van der Waals surface area contributed by atoms with E-state index in [4.69, 9.17) is 0 Å². The van der Waals surface area contributed by atoms with Crippen LogP contribution < -0.4 is 5.32 Å². The summed E-state index contributed by atoms with van der Waals surface area (Å²) in [5.74, 6) is 0.738. The van der Waals surface area contributed by atoms with Crippen LogP contribution in [0.25, 0.3) is 0 Å².